The van der Waals surface area contributed by atoms with Gasteiger partial charge in [0.1, 0.15) is 17.2 Å². The summed E-state index contributed by atoms with van der Waals surface area (Å²) in [5.41, 5.74) is 2.74. The van der Waals surface area contributed by atoms with E-state index in [-0.39, 0.29) is 11.9 Å². The average molecular weight is 428 g/mol. The number of nitrogens with zero attached hydrogens (tertiary/aromatic N) is 2. The highest BCUT2D eigenvalue weighted by molar-refractivity contribution is 7.99. The second-order valence-corrected chi connectivity index (χ2v) is 8.03. The van der Waals surface area contributed by atoms with E-state index in [0.29, 0.717) is 5.75 Å². The first-order valence-corrected chi connectivity index (χ1v) is 10.8. The molecule has 1 aromatic heterocycles. The van der Waals surface area contributed by atoms with Crippen molar-refractivity contribution in [2.75, 3.05) is 33.6 Å². The van der Waals surface area contributed by atoms with Crippen LogP contribution in [0.5, 0.6) is 17.2 Å². The smallest absolute Gasteiger partial charge is 0.233 e. The predicted molar refractivity (Wildman–Crippen MR) is 117 cm³/mol. The maximum Gasteiger partial charge on any atom is 0.233 e. The monoisotopic (exact) mass is 427 g/mol. The average Bonchev–Trinajstić information content (AvgIpc) is 3.43. The third-order valence-corrected chi connectivity index (χ3v) is 6.23. The molecule has 0 saturated carbocycles. The van der Waals surface area contributed by atoms with Gasteiger partial charge in [-0.1, -0.05) is 11.8 Å². The van der Waals surface area contributed by atoms with Gasteiger partial charge in [-0.05, 0) is 43.2 Å². The number of amides is 1. The Morgan fingerprint density at radius 1 is 1.13 bits per heavy atom. The number of aromatic amines is 1. The quantitative estimate of drug-likeness (QED) is 0.574. The van der Waals surface area contributed by atoms with Crippen molar-refractivity contribution in [2.45, 2.75) is 24.0 Å². The number of carbonyl (C=O) groups excluding carboxylic acids is 1. The highest BCUT2D eigenvalue weighted by Gasteiger charge is 2.32. The van der Waals surface area contributed by atoms with Crippen LogP contribution in [-0.4, -0.2) is 54.4 Å². The molecule has 1 aliphatic rings. The first kappa shape index (κ1) is 20.4. The number of ether oxygens (including phenoxy) is 3. The van der Waals surface area contributed by atoms with Gasteiger partial charge in [0.2, 0.25) is 5.91 Å². The lowest BCUT2D eigenvalue weighted by atomic mass is 10.0. The van der Waals surface area contributed by atoms with Gasteiger partial charge in [-0.25, -0.2) is 4.98 Å². The Bertz CT molecular complexity index is 1050. The molecule has 1 aliphatic heterocycles. The molecule has 8 heteroatoms. The number of H-pyrrole nitrogens is 1. The first-order chi connectivity index (χ1) is 14.6. The minimum Gasteiger partial charge on any atom is -0.497 e. The van der Waals surface area contributed by atoms with E-state index in [0.717, 1.165) is 58.4 Å². The van der Waals surface area contributed by atoms with Crippen LogP contribution in [-0.2, 0) is 4.79 Å². The van der Waals surface area contributed by atoms with E-state index in [1.165, 1.54) is 11.8 Å². The summed E-state index contributed by atoms with van der Waals surface area (Å²) in [7, 11) is 4.93. The highest BCUT2D eigenvalue weighted by atomic mass is 32.2. The molecule has 30 heavy (non-hydrogen) atoms. The van der Waals surface area contributed by atoms with Gasteiger partial charge < -0.3 is 24.1 Å². The van der Waals surface area contributed by atoms with Crippen molar-refractivity contribution in [1.82, 2.24) is 14.9 Å². The summed E-state index contributed by atoms with van der Waals surface area (Å²) < 4.78 is 16.2. The normalized spacial score (nSPS) is 16.1. The van der Waals surface area contributed by atoms with Gasteiger partial charge in [0.15, 0.2) is 5.16 Å². The number of nitrogens with one attached hydrogen (secondary N) is 1. The maximum atomic E-state index is 13.0. The molecular formula is C22H25N3O4S. The molecule has 7 nitrogen and oxygen atoms in total. The first-order valence-electron chi connectivity index (χ1n) is 9.81. The van der Waals surface area contributed by atoms with Crippen molar-refractivity contribution < 1.29 is 19.0 Å². The van der Waals surface area contributed by atoms with Crippen LogP contribution < -0.4 is 14.2 Å². The van der Waals surface area contributed by atoms with Crippen LogP contribution in [0.25, 0.3) is 11.0 Å². The number of fused-ring (bicyclic) bond motifs is 1. The van der Waals surface area contributed by atoms with Crippen molar-refractivity contribution in [2.24, 2.45) is 0 Å². The molecule has 2 aromatic carbocycles. The van der Waals surface area contributed by atoms with Gasteiger partial charge in [0, 0.05) is 18.2 Å². The van der Waals surface area contributed by atoms with E-state index in [1.54, 1.807) is 21.3 Å². The molecule has 1 saturated heterocycles. The number of likely N-dealkylation sites (tertiary alicyclic amines) is 1. The van der Waals surface area contributed by atoms with Crippen molar-refractivity contribution in [3.63, 3.8) is 0 Å². The fourth-order valence-corrected chi connectivity index (χ4v) is 4.63. The summed E-state index contributed by atoms with van der Waals surface area (Å²) in [5.74, 6) is 2.72. The van der Waals surface area contributed by atoms with Crippen LogP contribution in [0.1, 0.15) is 24.4 Å². The summed E-state index contributed by atoms with van der Waals surface area (Å²) in [5, 5.41) is 0.723. The molecule has 2 heterocycles. The minimum atomic E-state index is -0.0110. The van der Waals surface area contributed by atoms with Gasteiger partial charge in [0.05, 0.1) is 44.2 Å². The van der Waals surface area contributed by atoms with Crippen LogP contribution in [0.4, 0.5) is 0 Å². The summed E-state index contributed by atoms with van der Waals surface area (Å²) in [4.78, 5) is 22.8. The lowest BCUT2D eigenvalue weighted by molar-refractivity contribution is -0.129. The topological polar surface area (TPSA) is 76.7 Å². The Balaban J connectivity index is 1.48. The number of imidazole rings is 1. The highest BCUT2D eigenvalue weighted by Crippen LogP contribution is 2.39. The van der Waals surface area contributed by atoms with Gasteiger partial charge in [-0.2, -0.15) is 0 Å². The molecule has 4 rings (SSSR count). The lowest BCUT2D eigenvalue weighted by Crippen LogP contribution is -2.32. The summed E-state index contributed by atoms with van der Waals surface area (Å²) in [6.45, 7) is 0.738. The zero-order valence-electron chi connectivity index (χ0n) is 17.3. The minimum absolute atomic E-state index is 0.0110. The number of thioether (sulfide) groups is 1. The number of hydrogen-bond donors (Lipinski definition) is 1. The third kappa shape index (κ3) is 4.05. The van der Waals surface area contributed by atoms with Crippen LogP contribution >= 0.6 is 11.8 Å². The largest absolute Gasteiger partial charge is 0.497 e. The van der Waals surface area contributed by atoms with E-state index in [1.807, 2.05) is 41.3 Å². The summed E-state index contributed by atoms with van der Waals surface area (Å²) >= 11 is 1.41. The predicted octanol–water partition coefficient (Wildman–Crippen LogP) is 4.04. The van der Waals surface area contributed by atoms with Crippen LogP contribution in [0.2, 0.25) is 0 Å². The molecule has 158 valence electrons. The zero-order chi connectivity index (χ0) is 21.1. The van der Waals surface area contributed by atoms with Crippen molar-refractivity contribution >= 4 is 28.7 Å². The molecule has 1 fully saturated rings. The lowest BCUT2D eigenvalue weighted by Gasteiger charge is -2.26. The zero-order valence-corrected chi connectivity index (χ0v) is 18.1. The van der Waals surface area contributed by atoms with Crippen LogP contribution in [0.15, 0.2) is 41.6 Å². The van der Waals surface area contributed by atoms with Crippen LogP contribution in [0.3, 0.4) is 0 Å². The van der Waals surface area contributed by atoms with Gasteiger partial charge in [0.25, 0.3) is 0 Å². The van der Waals surface area contributed by atoms with Crippen molar-refractivity contribution in [1.29, 1.82) is 0 Å². The van der Waals surface area contributed by atoms with E-state index in [4.69, 9.17) is 14.2 Å². The number of methoxy groups -OCH3 is 3. The molecule has 1 N–H and O–H groups in total. The van der Waals surface area contributed by atoms with E-state index < -0.39 is 0 Å². The number of carbonyl (C=O) groups is 1. The Kier molecular flexibility index (Phi) is 6.03. The van der Waals surface area contributed by atoms with Gasteiger partial charge in [-0.3, -0.25) is 4.79 Å². The third-order valence-electron chi connectivity index (χ3n) is 5.37. The fraction of sp³-hybridized carbons (Fsp3) is 0.364. The SMILES string of the molecule is COc1ccc(OC)c(C2CCCN2C(=O)CSc2nc3ccc(OC)cc3[nH]2)c1. The maximum absolute atomic E-state index is 13.0. The van der Waals surface area contributed by atoms with E-state index >= 15 is 0 Å². The number of aromatic nitrogens is 2. The molecule has 3 aromatic rings. The van der Waals surface area contributed by atoms with Gasteiger partial charge >= 0.3 is 0 Å². The van der Waals surface area contributed by atoms with E-state index in [9.17, 15) is 4.79 Å². The molecule has 0 radical (unpaired) electrons. The second-order valence-electron chi connectivity index (χ2n) is 7.07. The molecule has 1 amide bonds. The molecule has 1 atom stereocenters. The van der Waals surface area contributed by atoms with Crippen molar-refractivity contribution in [3.05, 3.63) is 42.0 Å². The molecule has 0 spiro atoms. The fourth-order valence-electron chi connectivity index (χ4n) is 3.86. The number of benzene rings is 2. The molecule has 0 aliphatic carbocycles. The number of rotatable bonds is 7. The standard InChI is InChI=1S/C22H25N3O4S/c1-27-14-7-9-20(29-3)16(11-14)19-5-4-10-25(19)21(26)13-30-22-23-17-8-6-15(28-2)12-18(17)24-22/h6-9,11-12,19H,4-5,10,13H2,1-3H3,(H,23,24). The Morgan fingerprint density at radius 3 is 2.67 bits per heavy atom. The Hall–Kier alpha value is -2.87. The molecule has 1 unspecified atom stereocenters. The van der Waals surface area contributed by atoms with Crippen LogP contribution in [0, 0.1) is 0 Å². The molecular weight excluding hydrogens is 402 g/mol. The van der Waals surface area contributed by atoms with E-state index in [2.05, 4.69) is 9.97 Å². The Labute approximate surface area is 179 Å². The second kappa shape index (κ2) is 8.87. The Morgan fingerprint density at radius 2 is 1.90 bits per heavy atom. The van der Waals surface area contributed by atoms with Gasteiger partial charge in [-0.15, -0.1) is 0 Å². The number of hydrogen-bond acceptors (Lipinski definition) is 6. The van der Waals surface area contributed by atoms with Crippen molar-refractivity contribution in [3.8, 4) is 17.2 Å². The molecule has 0 bridgehead atoms. The summed E-state index contributed by atoms with van der Waals surface area (Å²) in [6.07, 6.45) is 1.87. The summed E-state index contributed by atoms with van der Waals surface area (Å²) in [6, 6.07) is 11.4.